The van der Waals surface area contributed by atoms with E-state index in [-0.39, 0.29) is 11.5 Å². The van der Waals surface area contributed by atoms with Crippen LogP contribution >= 0.6 is 11.6 Å². The molecule has 2 N–H and O–H groups in total. The molecule has 4 nitrogen and oxygen atoms in total. The molecule has 0 atom stereocenters. The molecule has 5 heteroatoms. The summed E-state index contributed by atoms with van der Waals surface area (Å²) in [6.07, 6.45) is 0. The number of hydrogen-bond donors (Lipinski definition) is 2. The van der Waals surface area contributed by atoms with Crippen LogP contribution in [0.1, 0.15) is 22.3 Å². The first-order valence-electron chi connectivity index (χ1n) is 6.52. The first-order chi connectivity index (χ1) is 9.81. The maximum Gasteiger partial charge on any atom is 0.146 e. The molecule has 0 heterocycles. The van der Waals surface area contributed by atoms with Crippen LogP contribution in [0.2, 0.25) is 5.02 Å². The van der Waals surface area contributed by atoms with Crippen LogP contribution in [0.5, 0.6) is 11.5 Å². The van der Waals surface area contributed by atoms with Crippen molar-refractivity contribution in [2.45, 2.75) is 27.7 Å². The third-order valence-corrected chi connectivity index (χ3v) is 3.90. The molecule has 0 aromatic heterocycles. The summed E-state index contributed by atoms with van der Waals surface area (Å²) in [6, 6.07) is 4.98. The average Bonchev–Trinajstić information content (AvgIpc) is 2.42. The lowest BCUT2D eigenvalue weighted by Crippen LogP contribution is -1.85. The Hall–Kier alpha value is -2.07. The molecule has 110 valence electrons. The van der Waals surface area contributed by atoms with Crippen molar-refractivity contribution in [3.63, 3.8) is 0 Å². The number of halogens is 1. The molecular formula is C16H17ClN2O2. The van der Waals surface area contributed by atoms with Gasteiger partial charge in [0.1, 0.15) is 22.9 Å². The first kappa shape index (κ1) is 15.3. The minimum Gasteiger partial charge on any atom is -0.506 e. The van der Waals surface area contributed by atoms with E-state index in [2.05, 4.69) is 10.2 Å². The zero-order chi connectivity index (χ0) is 15.7. The Morgan fingerprint density at radius 1 is 0.857 bits per heavy atom. The lowest BCUT2D eigenvalue weighted by atomic mass is 10.0. The Morgan fingerprint density at radius 2 is 1.52 bits per heavy atom. The van der Waals surface area contributed by atoms with E-state index in [1.54, 1.807) is 6.07 Å². The molecular weight excluding hydrogens is 288 g/mol. The predicted octanol–water partition coefficient (Wildman–Crippen LogP) is 5.40. The Balaban J connectivity index is 2.50. The van der Waals surface area contributed by atoms with E-state index in [4.69, 9.17) is 11.6 Å². The van der Waals surface area contributed by atoms with Crippen molar-refractivity contribution in [3.8, 4) is 11.5 Å². The second-order valence-corrected chi connectivity index (χ2v) is 5.53. The van der Waals surface area contributed by atoms with Gasteiger partial charge in [0.2, 0.25) is 0 Å². The van der Waals surface area contributed by atoms with Crippen LogP contribution in [0.25, 0.3) is 0 Å². The third-order valence-electron chi connectivity index (χ3n) is 3.49. The first-order valence-corrected chi connectivity index (χ1v) is 6.89. The topological polar surface area (TPSA) is 65.2 Å². The highest BCUT2D eigenvalue weighted by molar-refractivity contribution is 6.31. The third kappa shape index (κ3) is 3.00. The number of nitrogens with zero attached hydrogens (tertiary/aromatic N) is 2. The number of phenolic OH excluding ortho intramolecular Hbond substituents is 2. The molecule has 0 spiro atoms. The van der Waals surface area contributed by atoms with Crippen molar-refractivity contribution in [1.82, 2.24) is 0 Å². The van der Waals surface area contributed by atoms with Gasteiger partial charge < -0.3 is 10.2 Å². The van der Waals surface area contributed by atoms with Crippen molar-refractivity contribution in [2.24, 2.45) is 10.2 Å². The predicted molar refractivity (Wildman–Crippen MR) is 84.3 cm³/mol. The van der Waals surface area contributed by atoms with Crippen molar-refractivity contribution < 1.29 is 10.2 Å². The Labute approximate surface area is 128 Å². The smallest absolute Gasteiger partial charge is 0.146 e. The highest BCUT2D eigenvalue weighted by atomic mass is 35.5. The van der Waals surface area contributed by atoms with Crippen LogP contribution in [-0.2, 0) is 0 Å². The molecule has 0 unspecified atom stereocenters. The molecule has 2 aromatic carbocycles. The summed E-state index contributed by atoms with van der Waals surface area (Å²) < 4.78 is 0. The molecule has 0 bridgehead atoms. The summed E-state index contributed by atoms with van der Waals surface area (Å²) in [6.45, 7) is 7.45. The number of aromatic hydroxyl groups is 2. The lowest BCUT2D eigenvalue weighted by Gasteiger charge is -2.09. The molecule has 0 fully saturated rings. The summed E-state index contributed by atoms with van der Waals surface area (Å²) >= 11 is 5.92. The van der Waals surface area contributed by atoms with Gasteiger partial charge in [-0.3, -0.25) is 0 Å². The van der Waals surface area contributed by atoms with Crippen LogP contribution in [0.3, 0.4) is 0 Å². The second-order valence-electron chi connectivity index (χ2n) is 5.12. The zero-order valence-electron chi connectivity index (χ0n) is 12.4. The molecule has 0 radical (unpaired) electrons. The monoisotopic (exact) mass is 304 g/mol. The molecule has 0 amide bonds. The molecule has 21 heavy (non-hydrogen) atoms. The van der Waals surface area contributed by atoms with Gasteiger partial charge in [-0.15, -0.1) is 10.2 Å². The van der Waals surface area contributed by atoms with Crippen LogP contribution in [0, 0.1) is 27.7 Å². The fourth-order valence-electron chi connectivity index (χ4n) is 2.01. The standard InChI is InChI=1S/C16H17ClN2O2/c1-8-5-10(3)16(21)15(11(8)4)19-18-13-6-9(2)12(17)7-14(13)20/h5-7,20-21H,1-4H3. The summed E-state index contributed by atoms with van der Waals surface area (Å²) in [5.41, 5.74) is 4.14. The zero-order valence-corrected chi connectivity index (χ0v) is 13.2. The number of hydrogen-bond acceptors (Lipinski definition) is 4. The average molecular weight is 305 g/mol. The van der Waals surface area contributed by atoms with Crippen molar-refractivity contribution >= 4 is 23.0 Å². The number of azo groups is 1. The minimum atomic E-state index is -0.0455. The van der Waals surface area contributed by atoms with Gasteiger partial charge >= 0.3 is 0 Å². The van der Waals surface area contributed by atoms with Gasteiger partial charge in [-0.25, -0.2) is 0 Å². The van der Waals surface area contributed by atoms with E-state index in [1.165, 1.54) is 6.07 Å². The van der Waals surface area contributed by atoms with Gasteiger partial charge in [0.15, 0.2) is 0 Å². The maximum atomic E-state index is 10.1. The number of rotatable bonds is 2. The van der Waals surface area contributed by atoms with Gasteiger partial charge in [0, 0.05) is 11.1 Å². The van der Waals surface area contributed by atoms with Crippen LogP contribution < -0.4 is 0 Å². The molecule has 2 aromatic rings. The van der Waals surface area contributed by atoms with E-state index in [9.17, 15) is 10.2 Å². The summed E-state index contributed by atoms with van der Waals surface area (Å²) in [7, 11) is 0. The van der Waals surface area contributed by atoms with E-state index in [1.807, 2.05) is 33.8 Å². The SMILES string of the molecule is Cc1cc(N=Nc2c(C)c(C)cc(C)c2O)c(O)cc1Cl. The summed E-state index contributed by atoms with van der Waals surface area (Å²) in [5, 5.41) is 28.6. The minimum absolute atomic E-state index is 0.0455. The molecule has 2 rings (SSSR count). The van der Waals surface area contributed by atoms with E-state index in [0.717, 1.165) is 22.3 Å². The molecule has 0 aliphatic carbocycles. The molecule has 0 aliphatic heterocycles. The van der Waals surface area contributed by atoms with Crippen LogP contribution in [-0.4, -0.2) is 10.2 Å². The van der Waals surface area contributed by atoms with E-state index in [0.29, 0.717) is 16.4 Å². The summed E-state index contributed by atoms with van der Waals surface area (Å²) in [5.74, 6) is 0.0582. The van der Waals surface area contributed by atoms with Crippen molar-refractivity contribution in [3.05, 3.63) is 45.5 Å². The number of phenols is 2. The Morgan fingerprint density at radius 3 is 2.19 bits per heavy atom. The normalized spacial score (nSPS) is 11.3. The van der Waals surface area contributed by atoms with Crippen molar-refractivity contribution in [2.75, 3.05) is 0 Å². The van der Waals surface area contributed by atoms with Crippen LogP contribution in [0.4, 0.5) is 11.4 Å². The van der Waals surface area contributed by atoms with Gasteiger partial charge in [0.25, 0.3) is 0 Å². The molecule has 0 aliphatic rings. The van der Waals surface area contributed by atoms with Crippen LogP contribution in [0.15, 0.2) is 28.4 Å². The van der Waals surface area contributed by atoms with Gasteiger partial charge in [-0.05, 0) is 56.0 Å². The van der Waals surface area contributed by atoms with Gasteiger partial charge in [-0.1, -0.05) is 17.7 Å². The maximum absolute atomic E-state index is 10.1. The highest BCUT2D eigenvalue weighted by Crippen LogP contribution is 2.38. The van der Waals surface area contributed by atoms with E-state index >= 15 is 0 Å². The van der Waals surface area contributed by atoms with Gasteiger partial charge in [-0.2, -0.15) is 0 Å². The molecule has 0 saturated heterocycles. The second kappa shape index (κ2) is 5.74. The van der Waals surface area contributed by atoms with Crippen molar-refractivity contribution in [1.29, 1.82) is 0 Å². The molecule has 0 saturated carbocycles. The fourth-order valence-corrected chi connectivity index (χ4v) is 2.17. The van der Waals surface area contributed by atoms with E-state index < -0.39 is 0 Å². The lowest BCUT2D eigenvalue weighted by molar-refractivity contribution is 0.470. The largest absolute Gasteiger partial charge is 0.506 e. The Bertz CT molecular complexity index is 714. The Kier molecular flexibility index (Phi) is 4.19. The number of benzene rings is 2. The fraction of sp³-hybridized carbons (Fsp3) is 0.250. The van der Waals surface area contributed by atoms with Gasteiger partial charge in [0.05, 0.1) is 0 Å². The number of aryl methyl sites for hydroxylation is 3. The highest BCUT2D eigenvalue weighted by Gasteiger charge is 2.11. The quantitative estimate of drug-likeness (QED) is 0.729. The summed E-state index contributed by atoms with van der Waals surface area (Å²) in [4.78, 5) is 0.